The van der Waals surface area contributed by atoms with Crippen molar-refractivity contribution in [2.45, 2.75) is 25.8 Å². The van der Waals surface area contributed by atoms with Gasteiger partial charge in [0, 0.05) is 46.2 Å². The number of carbonyl (C=O) groups excluding carboxylic acids is 1. The number of fused-ring (bicyclic) bond motifs is 1. The van der Waals surface area contributed by atoms with E-state index in [0.717, 1.165) is 31.7 Å². The summed E-state index contributed by atoms with van der Waals surface area (Å²) in [6.45, 7) is 8.71. The molecule has 3 aliphatic heterocycles. The van der Waals surface area contributed by atoms with Crippen LogP contribution in [0.25, 0.3) is 0 Å². The summed E-state index contributed by atoms with van der Waals surface area (Å²) in [4.78, 5) is 21.5. The molecule has 5 nitrogen and oxygen atoms in total. The lowest BCUT2D eigenvalue weighted by molar-refractivity contribution is 0.0884. The van der Waals surface area contributed by atoms with Crippen LogP contribution in [-0.4, -0.2) is 86.0 Å². The third-order valence-corrected chi connectivity index (χ3v) is 7.36. The van der Waals surface area contributed by atoms with Gasteiger partial charge in [-0.25, -0.2) is 9.18 Å². The first-order valence-corrected chi connectivity index (χ1v) is 10.9. The van der Waals surface area contributed by atoms with Gasteiger partial charge in [-0.2, -0.15) is 0 Å². The predicted molar refractivity (Wildman–Crippen MR) is 113 cm³/mol. The molecule has 29 heavy (non-hydrogen) atoms. The van der Waals surface area contributed by atoms with Gasteiger partial charge < -0.3 is 19.6 Å². The summed E-state index contributed by atoms with van der Waals surface area (Å²) in [5.74, 6) is 0.606. The predicted octanol–water partition coefficient (Wildman–Crippen LogP) is 3.14. The van der Waals surface area contributed by atoms with Crippen molar-refractivity contribution in [2.24, 2.45) is 17.3 Å². The highest BCUT2D eigenvalue weighted by atomic mass is 19.1. The molecule has 1 aromatic rings. The number of urea groups is 1. The van der Waals surface area contributed by atoms with Gasteiger partial charge in [0.05, 0.1) is 6.04 Å². The molecule has 3 saturated heterocycles. The van der Waals surface area contributed by atoms with Gasteiger partial charge in [0.25, 0.3) is 0 Å². The summed E-state index contributed by atoms with van der Waals surface area (Å²) in [6.07, 6.45) is 2.49. The average Bonchev–Trinajstić information content (AvgIpc) is 3.20. The molecule has 3 atom stereocenters. The summed E-state index contributed by atoms with van der Waals surface area (Å²) < 4.78 is 14.0. The number of piperidine rings is 1. The summed E-state index contributed by atoms with van der Waals surface area (Å²) >= 11 is 0. The maximum Gasteiger partial charge on any atom is 0.320 e. The Morgan fingerprint density at radius 3 is 2.59 bits per heavy atom. The van der Waals surface area contributed by atoms with Crippen molar-refractivity contribution >= 4 is 6.03 Å². The molecule has 4 rings (SSSR count). The van der Waals surface area contributed by atoms with Gasteiger partial charge >= 0.3 is 6.03 Å². The normalized spacial score (nSPS) is 29.8. The minimum Gasteiger partial charge on any atom is -0.331 e. The second kappa shape index (κ2) is 7.88. The minimum atomic E-state index is -0.225. The van der Waals surface area contributed by atoms with Crippen molar-refractivity contribution in [2.75, 3.05) is 60.4 Å². The van der Waals surface area contributed by atoms with Crippen LogP contribution in [-0.2, 0) is 0 Å². The van der Waals surface area contributed by atoms with E-state index in [1.165, 1.54) is 32.0 Å². The molecule has 1 aromatic carbocycles. The molecule has 0 bridgehead atoms. The van der Waals surface area contributed by atoms with Crippen molar-refractivity contribution < 1.29 is 9.18 Å². The Kier molecular flexibility index (Phi) is 5.60. The largest absolute Gasteiger partial charge is 0.331 e. The van der Waals surface area contributed by atoms with E-state index in [2.05, 4.69) is 23.8 Å². The molecule has 0 saturated carbocycles. The van der Waals surface area contributed by atoms with Crippen LogP contribution < -0.4 is 0 Å². The smallest absolute Gasteiger partial charge is 0.320 e. The molecule has 3 aliphatic rings. The maximum absolute atomic E-state index is 14.0. The van der Waals surface area contributed by atoms with E-state index in [4.69, 9.17) is 0 Å². The second-order valence-corrected chi connectivity index (χ2v) is 10.1. The Morgan fingerprint density at radius 2 is 1.93 bits per heavy atom. The molecule has 0 unspecified atom stereocenters. The molecule has 0 radical (unpaired) electrons. The van der Waals surface area contributed by atoms with E-state index in [-0.39, 0.29) is 17.9 Å². The van der Waals surface area contributed by atoms with Gasteiger partial charge in [0.2, 0.25) is 0 Å². The van der Waals surface area contributed by atoms with E-state index < -0.39 is 0 Å². The Morgan fingerprint density at radius 1 is 1.21 bits per heavy atom. The molecule has 3 fully saturated rings. The fourth-order valence-electron chi connectivity index (χ4n) is 5.69. The molecular formula is C23H35FN4O. The number of hydrogen-bond acceptors (Lipinski definition) is 3. The van der Waals surface area contributed by atoms with Gasteiger partial charge in [0.1, 0.15) is 5.82 Å². The summed E-state index contributed by atoms with van der Waals surface area (Å²) in [5.41, 5.74) is 1.30. The van der Waals surface area contributed by atoms with Gasteiger partial charge in [0.15, 0.2) is 0 Å². The van der Waals surface area contributed by atoms with Gasteiger partial charge in [-0.05, 0) is 62.0 Å². The first-order valence-electron chi connectivity index (χ1n) is 10.9. The molecule has 3 heterocycles. The van der Waals surface area contributed by atoms with Crippen molar-refractivity contribution in [3.8, 4) is 0 Å². The van der Waals surface area contributed by atoms with Crippen LogP contribution in [0, 0.1) is 23.1 Å². The lowest BCUT2D eigenvalue weighted by Crippen LogP contribution is -2.45. The summed E-state index contributed by atoms with van der Waals surface area (Å²) in [7, 11) is 5.80. The zero-order valence-corrected chi connectivity index (χ0v) is 18.3. The van der Waals surface area contributed by atoms with Crippen LogP contribution in [0.1, 0.15) is 31.4 Å². The number of nitrogens with zero attached hydrogens (tertiary/aromatic N) is 4. The molecule has 6 heteroatoms. The van der Waals surface area contributed by atoms with E-state index in [0.29, 0.717) is 17.3 Å². The maximum atomic E-state index is 14.0. The number of amides is 2. The quantitative estimate of drug-likeness (QED) is 0.778. The molecule has 0 N–H and O–H groups in total. The highest BCUT2D eigenvalue weighted by Gasteiger charge is 2.50. The Bertz CT molecular complexity index is 746. The van der Waals surface area contributed by atoms with Crippen LogP contribution in [0.5, 0.6) is 0 Å². The summed E-state index contributed by atoms with van der Waals surface area (Å²) in [6, 6.07) is 6.83. The number of likely N-dealkylation sites (tertiary alicyclic amines) is 3. The average molecular weight is 403 g/mol. The minimum absolute atomic E-state index is 0.0301. The highest BCUT2D eigenvalue weighted by Crippen LogP contribution is 2.46. The zero-order valence-electron chi connectivity index (χ0n) is 18.3. The van der Waals surface area contributed by atoms with Crippen LogP contribution >= 0.6 is 0 Å². The van der Waals surface area contributed by atoms with Crippen LogP contribution in [0.2, 0.25) is 0 Å². The molecule has 160 valence electrons. The number of hydrogen-bond donors (Lipinski definition) is 0. The third kappa shape index (κ3) is 4.15. The monoisotopic (exact) mass is 402 g/mol. The Balaban J connectivity index is 1.52. The van der Waals surface area contributed by atoms with Crippen LogP contribution in [0.15, 0.2) is 24.3 Å². The standard InChI is InChI=1S/C23H35FN4O/c1-23(8-10-26(4)11-9-23)16-27-13-18-14-28(22(29)25(2)3)21(20(18)15-27)17-6-5-7-19(24)12-17/h5-7,12,18,20-21H,8-11,13-16H2,1-4H3/t18-,20-,21+/m1/s1. The molecular weight excluding hydrogens is 367 g/mol. The van der Waals surface area contributed by atoms with E-state index >= 15 is 0 Å². The van der Waals surface area contributed by atoms with E-state index in [9.17, 15) is 9.18 Å². The second-order valence-electron chi connectivity index (χ2n) is 10.1. The molecule has 0 aromatic heterocycles. The van der Waals surface area contributed by atoms with Crippen molar-refractivity contribution in [1.29, 1.82) is 0 Å². The van der Waals surface area contributed by atoms with Crippen molar-refractivity contribution in [3.63, 3.8) is 0 Å². The van der Waals surface area contributed by atoms with Gasteiger partial charge in [-0.1, -0.05) is 19.1 Å². The van der Waals surface area contributed by atoms with Crippen molar-refractivity contribution in [3.05, 3.63) is 35.6 Å². The van der Waals surface area contributed by atoms with Gasteiger partial charge in [-0.15, -0.1) is 0 Å². The van der Waals surface area contributed by atoms with Crippen LogP contribution in [0.4, 0.5) is 9.18 Å². The Hall–Kier alpha value is -1.66. The molecule has 0 spiro atoms. The lowest BCUT2D eigenvalue weighted by Gasteiger charge is -2.41. The Labute approximate surface area is 174 Å². The fourth-order valence-corrected chi connectivity index (χ4v) is 5.69. The van der Waals surface area contributed by atoms with Crippen LogP contribution in [0.3, 0.4) is 0 Å². The fraction of sp³-hybridized carbons (Fsp3) is 0.696. The van der Waals surface area contributed by atoms with E-state index in [1.807, 2.05) is 11.0 Å². The van der Waals surface area contributed by atoms with E-state index in [1.54, 1.807) is 31.1 Å². The number of rotatable bonds is 3. The lowest BCUT2D eigenvalue weighted by atomic mass is 9.80. The molecule has 2 amide bonds. The van der Waals surface area contributed by atoms with Crippen molar-refractivity contribution in [1.82, 2.24) is 19.6 Å². The third-order valence-electron chi connectivity index (χ3n) is 7.36. The first kappa shape index (κ1) is 20.6. The topological polar surface area (TPSA) is 30.0 Å². The SMILES string of the molecule is CN1CCC(C)(CN2C[C@@H]3CN(C(=O)N(C)C)[C@@H](c4cccc(F)c4)[C@@H]3C2)CC1. The molecule has 0 aliphatic carbocycles. The summed E-state index contributed by atoms with van der Waals surface area (Å²) in [5, 5.41) is 0. The number of carbonyl (C=O) groups is 1. The van der Waals surface area contributed by atoms with Gasteiger partial charge in [-0.3, -0.25) is 0 Å². The number of halogens is 1. The first-order chi connectivity index (χ1) is 13.8. The highest BCUT2D eigenvalue weighted by molar-refractivity contribution is 5.75. The zero-order chi connectivity index (χ0) is 20.8. The number of benzene rings is 1.